The lowest BCUT2D eigenvalue weighted by Crippen LogP contribution is -2.30. The van der Waals surface area contributed by atoms with Crippen LogP contribution in [0.3, 0.4) is 0 Å². The van der Waals surface area contributed by atoms with Crippen LogP contribution in [0.25, 0.3) is 0 Å². The fourth-order valence-electron chi connectivity index (χ4n) is 12.2. The predicted molar refractivity (Wildman–Crippen MR) is 404 cm³/mol. The van der Waals surface area contributed by atoms with Crippen molar-refractivity contribution in [3.8, 4) is 0 Å². The quantitative estimate of drug-likeness (QED) is 0.0222. The number of phosphoric ester groups is 2. The number of phosphoric acid groups is 2. The molecule has 0 aromatic rings. The molecule has 0 spiro atoms. The first kappa shape index (κ1) is 97.1. The van der Waals surface area contributed by atoms with Gasteiger partial charge in [-0.15, -0.1) is 0 Å². The van der Waals surface area contributed by atoms with E-state index >= 15 is 0 Å². The summed E-state index contributed by atoms with van der Waals surface area (Å²) in [6, 6.07) is 0. The Morgan fingerprint density at radius 3 is 0.717 bits per heavy atom. The number of carbonyl (C=O) groups excluding carboxylic acids is 4. The van der Waals surface area contributed by atoms with E-state index in [9.17, 15) is 43.2 Å². The molecule has 0 radical (unpaired) electrons. The summed E-state index contributed by atoms with van der Waals surface area (Å²) in [6.07, 6.45) is 55.4. The third-order valence-electron chi connectivity index (χ3n) is 19.3. The van der Waals surface area contributed by atoms with Gasteiger partial charge in [0.15, 0.2) is 12.2 Å². The lowest BCUT2D eigenvalue weighted by molar-refractivity contribution is -0.161. The highest BCUT2D eigenvalue weighted by Crippen LogP contribution is 2.45. The molecule has 99 heavy (non-hydrogen) atoms. The van der Waals surface area contributed by atoms with E-state index in [-0.39, 0.29) is 25.7 Å². The van der Waals surface area contributed by atoms with E-state index in [1.54, 1.807) is 0 Å². The van der Waals surface area contributed by atoms with Crippen molar-refractivity contribution in [1.82, 2.24) is 0 Å². The second kappa shape index (κ2) is 69.1. The maximum Gasteiger partial charge on any atom is 0.472 e. The summed E-state index contributed by atoms with van der Waals surface area (Å²) in [7, 11) is -9.92. The molecule has 19 heteroatoms. The average Bonchev–Trinajstić information content (AvgIpc) is 1.20. The topological polar surface area (TPSA) is 237 Å². The first-order valence-corrected chi connectivity index (χ1v) is 44.3. The molecule has 7 atom stereocenters. The molecule has 0 saturated carbocycles. The molecule has 0 amide bonds. The first-order chi connectivity index (χ1) is 47.7. The van der Waals surface area contributed by atoms with Crippen LogP contribution < -0.4 is 0 Å². The van der Waals surface area contributed by atoms with Crippen molar-refractivity contribution >= 4 is 39.5 Å². The van der Waals surface area contributed by atoms with E-state index in [1.807, 2.05) is 0 Å². The Bertz CT molecular complexity index is 1940. The molecular weight excluding hydrogens is 1290 g/mol. The zero-order chi connectivity index (χ0) is 73.1. The summed E-state index contributed by atoms with van der Waals surface area (Å²) in [5, 5.41) is 10.6. The van der Waals surface area contributed by atoms with Crippen LogP contribution in [0.4, 0.5) is 0 Å². The van der Waals surface area contributed by atoms with Crippen LogP contribution in [0.15, 0.2) is 0 Å². The third-order valence-corrected chi connectivity index (χ3v) is 21.2. The van der Waals surface area contributed by atoms with Gasteiger partial charge in [0.2, 0.25) is 0 Å². The molecule has 0 saturated heterocycles. The molecule has 0 fully saturated rings. The summed E-state index contributed by atoms with van der Waals surface area (Å²) in [5.74, 6) is 1.04. The number of aliphatic hydroxyl groups excluding tert-OH is 1. The molecule has 17 nitrogen and oxygen atoms in total. The Hall–Kier alpha value is -1.94. The fourth-order valence-corrected chi connectivity index (χ4v) is 13.8. The van der Waals surface area contributed by atoms with Gasteiger partial charge in [-0.1, -0.05) is 357 Å². The van der Waals surface area contributed by atoms with Crippen LogP contribution in [0.5, 0.6) is 0 Å². The normalized spacial score (nSPS) is 14.6. The van der Waals surface area contributed by atoms with Crippen LogP contribution in [0.1, 0.15) is 409 Å². The standard InChI is InChI=1S/C80H156O17P2/c1-9-72(7)58-50-42-34-26-19-15-11-13-17-21-29-37-46-54-62-79(84)96-75(66-90-77(82)60-52-44-36-28-24-23-25-32-40-48-56-70(3)4)68-94-98(86,87)92-64-74(81)65-93-99(88,89)95-69-76(67-91-78(83)61-53-45-39-31-33-41-49-57-71(5)6)97-80(85)63-55-47-38-30-22-18-14-12-16-20-27-35-43-51-59-73(8)10-2/h70-76,81H,9-69H2,1-8H3,(H,86,87)(H,88,89)/t72?,73?,74?,75-,76-/m1/s1. The lowest BCUT2D eigenvalue weighted by atomic mass is 9.99. The Labute approximate surface area is 607 Å². The summed E-state index contributed by atoms with van der Waals surface area (Å²) in [4.78, 5) is 73.0. The van der Waals surface area contributed by atoms with Crippen molar-refractivity contribution in [3.05, 3.63) is 0 Å². The van der Waals surface area contributed by atoms with Gasteiger partial charge >= 0.3 is 39.5 Å². The Morgan fingerprint density at radius 1 is 0.283 bits per heavy atom. The van der Waals surface area contributed by atoms with Crippen LogP contribution in [0.2, 0.25) is 0 Å². The highest BCUT2D eigenvalue weighted by molar-refractivity contribution is 7.47. The van der Waals surface area contributed by atoms with E-state index < -0.39 is 97.5 Å². The molecule has 5 unspecified atom stereocenters. The highest BCUT2D eigenvalue weighted by atomic mass is 31.2. The van der Waals surface area contributed by atoms with Crippen molar-refractivity contribution < 1.29 is 80.2 Å². The molecule has 0 aliphatic rings. The van der Waals surface area contributed by atoms with Gasteiger partial charge in [-0.2, -0.15) is 0 Å². The van der Waals surface area contributed by atoms with E-state index in [0.717, 1.165) is 114 Å². The molecule has 0 aromatic heterocycles. The van der Waals surface area contributed by atoms with Crippen molar-refractivity contribution in [3.63, 3.8) is 0 Å². The van der Waals surface area contributed by atoms with Crippen LogP contribution >= 0.6 is 15.6 Å². The molecule has 0 bridgehead atoms. The minimum absolute atomic E-state index is 0.106. The van der Waals surface area contributed by atoms with Gasteiger partial charge in [0, 0.05) is 25.7 Å². The fraction of sp³-hybridized carbons (Fsp3) is 0.950. The number of hydrogen-bond donors (Lipinski definition) is 3. The third kappa shape index (κ3) is 71.5. The number of esters is 4. The zero-order valence-corrected chi connectivity index (χ0v) is 66.9. The number of carbonyl (C=O) groups is 4. The minimum atomic E-state index is -4.96. The second-order valence-electron chi connectivity index (χ2n) is 30.2. The van der Waals surface area contributed by atoms with Crippen molar-refractivity contribution in [1.29, 1.82) is 0 Å². The van der Waals surface area contributed by atoms with E-state index in [4.69, 9.17) is 37.0 Å². The SMILES string of the molecule is CCC(C)CCCCCCCCCCCCCCCCC(=O)O[C@H](COC(=O)CCCCCCCCCCCCC(C)C)COP(=O)(O)OCC(O)COP(=O)(O)OC[C@@H](COC(=O)CCCCCCCCCC(C)C)OC(=O)CCCCCCCCCCCCCCCCC(C)CC. The zero-order valence-electron chi connectivity index (χ0n) is 65.1. The van der Waals surface area contributed by atoms with Gasteiger partial charge in [-0.05, 0) is 49.4 Å². The smallest absolute Gasteiger partial charge is 0.462 e. The van der Waals surface area contributed by atoms with Crippen LogP contribution in [-0.2, 0) is 65.4 Å². The predicted octanol–water partition coefficient (Wildman–Crippen LogP) is 23.6. The van der Waals surface area contributed by atoms with Crippen LogP contribution in [0, 0.1) is 23.7 Å². The van der Waals surface area contributed by atoms with Crippen molar-refractivity contribution in [2.24, 2.45) is 23.7 Å². The summed E-state index contributed by atoms with van der Waals surface area (Å²) in [5.41, 5.74) is 0. The monoisotopic (exact) mass is 1450 g/mol. The number of rotatable bonds is 77. The van der Waals surface area contributed by atoms with Gasteiger partial charge in [0.25, 0.3) is 0 Å². The van der Waals surface area contributed by atoms with Gasteiger partial charge in [0.05, 0.1) is 26.4 Å². The molecule has 3 N–H and O–H groups in total. The van der Waals surface area contributed by atoms with Gasteiger partial charge in [-0.3, -0.25) is 37.3 Å². The maximum atomic E-state index is 13.1. The second-order valence-corrected chi connectivity index (χ2v) is 33.1. The number of unbranched alkanes of at least 4 members (excludes halogenated alkanes) is 41. The minimum Gasteiger partial charge on any atom is -0.462 e. The largest absolute Gasteiger partial charge is 0.472 e. The number of ether oxygens (including phenoxy) is 4. The summed E-state index contributed by atoms with van der Waals surface area (Å²) < 4.78 is 68.7. The highest BCUT2D eigenvalue weighted by Gasteiger charge is 2.30. The Balaban J connectivity index is 5.24. The average molecular weight is 1450 g/mol. The number of aliphatic hydroxyl groups is 1. The Morgan fingerprint density at radius 2 is 0.485 bits per heavy atom. The van der Waals surface area contributed by atoms with Gasteiger partial charge in [0.1, 0.15) is 19.3 Å². The lowest BCUT2D eigenvalue weighted by Gasteiger charge is -2.21. The van der Waals surface area contributed by atoms with Crippen molar-refractivity contribution in [2.75, 3.05) is 39.6 Å². The summed E-state index contributed by atoms with van der Waals surface area (Å²) >= 11 is 0. The van der Waals surface area contributed by atoms with E-state index in [1.165, 1.54) is 205 Å². The van der Waals surface area contributed by atoms with Crippen LogP contribution in [-0.4, -0.2) is 96.7 Å². The van der Waals surface area contributed by atoms with E-state index in [2.05, 4.69) is 55.4 Å². The maximum absolute atomic E-state index is 13.1. The summed E-state index contributed by atoms with van der Waals surface area (Å²) in [6.45, 7) is 14.3. The van der Waals surface area contributed by atoms with Gasteiger partial charge in [-0.25, -0.2) is 9.13 Å². The molecule has 0 heterocycles. The molecule has 0 aromatic carbocycles. The molecule has 588 valence electrons. The number of hydrogen-bond acceptors (Lipinski definition) is 15. The van der Waals surface area contributed by atoms with Gasteiger partial charge < -0.3 is 33.8 Å². The molecular formula is C80H156O17P2. The molecule has 0 aliphatic carbocycles. The molecule has 0 aliphatic heterocycles. The first-order valence-electron chi connectivity index (χ1n) is 41.3. The molecule has 0 rings (SSSR count). The van der Waals surface area contributed by atoms with Crippen molar-refractivity contribution in [2.45, 2.75) is 427 Å². The van der Waals surface area contributed by atoms with E-state index in [0.29, 0.717) is 31.6 Å². The Kier molecular flexibility index (Phi) is 67.8.